The minimum absolute atomic E-state index is 0.245. The Bertz CT molecular complexity index is 332. The normalized spacial score (nSPS) is 15.0. The van der Waals surface area contributed by atoms with Gasteiger partial charge in [-0.15, -0.1) is 0 Å². The molecule has 4 heteroatoms. The van der Waals surface area contributed by atoms with Crippen molar-refractivity contribution in [2.45, 2.75) is 58.7 Å². The molecule has 0 aliphatic rings. The summed E-state index contributed by atoms with van der Waals surface area (Å²) < 4.78 is 7.55. The van der Waals surface area contributed by atoms with Gasteiger partial charge in [-0.3, -0.25) is 4.68 Å². The lowest BCUT2D eigenvalue weighted by Crippen LogP contribution is -2.42. The van der Waals surface area contributed by atoms with E-state index in [1.165, 1.54) is 0 Å². The average molecular weight is 253 g/mol. The summed E-state index contributed by atoms with van der Waals surface area (Å²) in [5.74, 6) is 0. The molecule has 0 fully saturated rings. The topological polar surface area (TPSA) is 39.1 Å². The van der Waals surface area contributed by atoms with Gasteiger partial charge in [0, 0.05) is 31.8 Å². The van der Waals surface area contributed by atoms with Gasteiger partial charge in [-0.2, -0.15) is 5.10 Å². The highest BCUT2D eigenvalue weighted by molar-refractivity contribution is 5.03. The van der Waals surface area contributed by atoms with E-state index in [4.69, 9.17) is 4.74 Å². The van der Waals surface area contributed by atoms with Crippen molar-refractivity contribution < 1.29 is 4.74 Å². The van der Waals surface area contributed by atoms with Gasteiger partial charge in [-0.25, -0.2) is 0 Å². The van der Waals surface area contributed by atoms with Crippen LogP contribution in [0.5, 0.6) is 0 Å². The minimum Gasteiger partial charge on any atom is -0.380 e. The highest BCUT2D eigenvalue weighted by Crippen LogP contribution is 2.11. The van der Waals surface area contributed by atoms with Crippen LogP contribution in [0.15, 0.2) is 12.3 Å². The molecule has 18 heavy (non-hydrogen) atoms. The Balaban J connectivity index is 2.69. The molecule has 0 saturated carbocycles. The van der Waals surface area contributed by atoms with Crippen LogP contribution in [0.25, 0.3) is 0 Å². The van der Waals surface area contributed by atoms with Crippen LogP contribution >= 0.6 is 0 Å². The van der Waals surface area contributed by atoms with Crippen LogP contribution in [0.1, 0.15) is 45.9 Å². The molecule has 4 nitrogen and oxygen atoms in total. The first-order chi connectivity index (χ1) is 8.62. The average Bonchev–Trinajstić information content (AvgIpc) is 2.79. The van der Waals surface area contributed by atoms with E-state index in [1.807, 2.05) is 4.68 Å². The molecule has 0 spiro atoms. The molecule has 0 radical (unpaired) electrons. The monoisotopic (exact) mass is 253 g/mol. The molecule has 0 aromatic carbocycles. The third-order valence-corrected chi connectivity index (χ3v) is 3.24. The summed E-state index contributed by atoms with van der Waals surface area (Å²) in [6, 6.07) is 2.86. The molecule has 1 rings (SSSR count). The summed E-state index contributed by atoms with van der Waals surface area (Å²) in [7, 11) is 1.78. The molecule has 0 bridgehead atoms. The Morgan fingerprint density at radius 1 is 1.39 bits per heavy atom. The SMILES string of the molecule is CCNC(Cc1ccn(C(C)C)n1)C(CC)OC. The number of ether oxygens (including phenoxy) is 1. The zero-order chi connectivity index (χ0) is 13.5. The molecule has 2 unspecified atom stereocenters. The molecular weight excluding hydrogens is 226 g/mol. The largest absolute Gasteiger partial charge is 0.380 e. The van der Waals surface area contributed by atoms with Crippen molar-refractivity contribution >= 4 is 0 Å². The Labute approximate surface area is 111 Å². The quantitative estimate of drug-likeness (QED) is 0.773. The highest BCUT2D eigenvalue weighted by atomic mass is 16.5. The second-order valence-corrected chi connectivity index (χ2v) is 4.93. The first-order valence-electron chi connectivity index (χ1n) is 6.92. The van der Waals surface area contributed by atoms with Crippen molar-refractivity contribution in [3.8, 4) is 0 Å². The van der Waals surface area contributed by atoms with E-state index >= 15 is 0 Å². The van der Waals surface area contributed by atoms with Gasteiger partial charge in [0.1, 0.15) is 0 Å². The predicted octanol–water partition coefficient (Wildman–Crippen LogP) is 2.41. The highest BCUT2D eigenvalue weighted by Gasteiger charge is 2.20. The van der Waals surface area contributed by atoms with Gasteiger partial charge in [0.05, 0.1) is 11.8 Å². The van der Waals surface area contributed by atoms with E-state index in [2.05, 4.69) is 50.4 Å². The fourth-order valence-electron chi connectivity index (χ4n) is 2.21. The smallest absolute Gasteiger partial charge is 0.0725 e. The van der Waals surface area contributed by atoms with E-state index in [0.717, 1.165) is 25.1 Å². The van der Waals surface area contributed by atoms with Crippen LogP contribution in [0.3, 0.4) is 0 Å². The lowest BCUT2D eigenvalue weighted by molar-refractivity contribution is 0.0655. The van der Waals surface area contributed by atoms with Crippen LogP contribution in [0, 0.1) is 0 Å². The molecule has 104 valence electrons. The zero-order valence-corrected chi connectivity index (χ0v) is 12.3. The van der Waals surface area contributed by atoms with Crippen molar-refractivity contribution in [2.24, 2.45) is 0 Å². The Hall–Kier alpha value is -0.870. The molecule has 0 amide bonds. The van der Waals surface area contributed by atoms with E-state index < -0.39 is 0 Å². The third-order valence-electron chi connectivity index (χ3n) is 3.24. The van der Waals surface area contributed by atoms with E-state index in [0.29, 0.717) is 12.1 Å². The van der Waals surface area contributed by atoms with Gasteiger partial charge >= 0.3 is 0 Å². The van der Waals surface area contributed by atoms with Crippen LogP contribution in [-0.4, -0.2) is 35.6 Å². The second-order valence-electron chi connectivity index (χ2n) is 4.93. The van der Waals surface area contributed by atoms with Crippen LogP contribution in [-0.2, 0) is 11.2 Å². The van der Waals surface area contributed by atoms with E-state index in [-0.39, 0.29) is 6.10 Å². The number of hydrogen-bond acceptors (Lipinski definition) is 3. The zero-order valence-electron chi connectivity index (χ0n) is 12.3. The molecule has 0 aliphatic heterocycles. The number of nitrogens with zero attached hydrogens (tertiary/aromatic N) is 2. The molecular formula is C14H27N3O. The lowest BCUT2D eigenvalue weighted by atomic mass is 10.0. The minimum atomic E-state index is 0.245. The molecule has 1 heterocycles. The molecule has 0 saturated heterocycles. The van der Waals surface area contributed by atoms with Crippen molar-refractivity contribution in [3.05, 3.63) is 18.0 Å². The summed E-state index contributed by atoms with van der Waals surface area (Å²) in [6.45, 7) is 9.52. The van der Waals surface area contributed by atoms with E-state index in [1.54, 1.807) is 7.11 Å². The number of hydrogen-bond donors (Lipinski definition) is 1. The first-order valence-corrected chi connectivity index (χ1v) is 6.92. The molecule has 0 aliphatic carbocycles. The Kier molecular flexibility index (Phi) is 6.36. The van der Waals surface area contributed by atoms with Crippen molar-refractivity contribution in [3.63, 3.8) is 0 Å². The number of aromatic nitrogens is 2. The summed E-state index contributed by atoms with van der Waals surface area (Å²) >= 11 is 0. The third kappa shape index (κ3) is 4.10. The van der Waals surface area contributed by atoms with Crippen molar-refractivity contribution in [2.75, 3.05) is 13.7 Å². The van der Waals surface area contributed by atoms with Crippen LogP contribution < -0.4 is 5.32 Å². The van der Waals surface area contributed by atoms with E-state index in [9.17, 15) is 0 Å². The van der Waals surface area contributed by atoms with Crippen LogP contribution in [0.2, 0.25) is 0 Å². The fourth-order valence-corrected chi connectivity index (χ4v) is 2.21. The lowest BCUT2D eigenvalue weighted by Gasteiger charge is -2.25. The fraction of sp³-hybridized carbons (Fsp3) is 0.786. The number of methoxy groups -OCH3 is 1. The van der Waals surface area contributed by atoms with Gasteiger partial charge in [0.15, 0.2) is 0 Å². The number of rotatable bonds is 8. The Morgan fingerprint density at radius 2 is 2.11 bits per heavy atom. The molecule has 2 atom stereocenters. The maximum absolute atomic E-state index is 5.54. The molecule has 1 N–H and O–H groups in total. The maximum Gasteiger partial charge on any atom is 0.0725 e. The van der Waals surface area contributed by atoms with Gasteiger partial charge in [0.2, 0.25) is 0 Å². The summed E-state index contributed by atoms with van der Waals surface area (Å²) in [4.78, 5) is 0. The maximum atomic E-state index is 5.54. The van der Waals surface area contributed by atoms with Gasteiger partial charge < -0.3 is 10.1 Å². The Morgan fingerprint density at radius 3 is 2.56 bits per heavy atom. The molecule has 1 aromatic heterocycles. The second kappa shape index (κ2) is 7.54. The number of likely N-dealkylation sites (N-methyl/N-ethyl adjacent to an activating group) is 1. The molecule has 1 aromatic rings. The standard InChI is InChI=1S/C14H27N3O/c1-6-14(18-5)13(15-7-2)10-12-8-9-17(16-12)11(3)4/h8-9,11,13-15H,6-7,10H2,1-5H3. The van der Waals surface area contributed by atoms with Gasteiger partial charge in [-0.1, -0.05) is 13.8 Å². The van der Waals surface area contributed by atoms with Crippen LogP contribution in [0.4, 0.5) is 0 Å². The predicted molar refractivity (Wildman–Crippen MR) is 74.9 cm³/mol. The number of nitrogens with one attached hydrogen (secondary N) is 1. The summed E-state index contributed by atoms with van der Waals surface area (Å²) in [6.07, 6.45) is 4.23. The summed E-state index contributed by atoms with van der Waals surface area (Å²) in [5, 5.41) is 8.10. The van der Waals surface area contributed by atoms with Crippen molar-refractivity contribution in [1.29, 1.82) is 0 Å². The summed E-state index contributed by atoms with van der Waals surface area (Å²) in [5.41, 5.74) is 1.13. The van der Waals surface area contributed by atoms with Gasteiger partial charge in [-0.05, 0) is 32.9 Å². The van der Waals surface area contributed by atoms with Crippen molar-refractivity contribution in [1.82, 2.24) is 15.1 Å². The van der Waals surface area contributed by atoms with Gasteiger partial charge in [0.25, 0.3) is 0 Å². The first kappa shape index (κ1) is 15.2.